The number of carbonyl (C=O) groups is 1. The number of carbonyl (C=O) groups excluding carboxylic acids is 1. The molecule has 2 aromatic heterocycles. The summed E-state index contributed by atoms with van der Waals surface area (Å²) in [6.07, 6.45) is 3.06. The molecule has 0 spiro atoms. The SMILES string of the molecule is CN(Cc1ccc(Cl)c(Cl)c1)C(=O)c1nc(-c2ccncc2)[nH]c(=O)c1O. The molecular formula is C18H14Cl2N4O3. The summed E-state index contributed by atoms with van der Waals surface area (Å²) in [6, 6.07) is 8.25. The van der Waals surface area contributed by atoms with E-state index < -0.39 is 17.2 Å². The van der Waals surface area contributed by atoms with Crippen molar-refractivity contribution in [3.05, 3.63) is 74.4 Å². The number of aromatic hydroxyl groups is 1. The molecule has 0 atom stereocenters. The van der Waals surface area contributed by atoms with Gasteiger partial charge in [-0.25, -0.2) is 4.98 Å². The van der Waals surface area contributed by atoms with Crippen molar-refractivity contribution >= 4 is 29.1 Å². The summed E-state index contributed by atoms with van der Waals surface area (Å²) < 4.78 is 0. The minimum Gasteiger partial charge on any atom is -0.501 e. The number of hydrogen-bond acceptors (Lipinski definition) is 5. The fourth-order valence-corrected chi connectivity index (χ4v) is 2.75. The van der Waals surface area contributed by atoms with Crippen LogP contribution in [-0.4, -0.2) is 37.9 Å². The second-order valence-electron chi connectivity index (χ2n) is 5.76. The molecule has 0 aliphatic carbocycles. The van der Waals surface area contributed by atoms with Crippen LogP contribution in [0.25, 0.3) is 11.4 Å². The van der Waals surface area contributed by atoms with Crippen LogP contribution < -0.4 is 5.56 Å². The number of benzene rings is 1. The molecule has 0 aliphatic rings. The highest BCUT2D eigenvalue weighted by atomic mass is 35.5. The van der Waals surface area contributed by atoms with Gasteiger partial charge in [-0.1, -0.05) is 29.3 Å². The molecule has 0 aliphatic heterocycles. The van der Waals surface area contributed by atoms with Crippen LogP contribution in [0.4, 0.5) is 0 Å². The fraction of sp³-hybridized carbons (Fsp3) is 0.111. The maximum Gasteiger partial charge on any atom is 0.294 e. The van der Waals surface area contributed by atoms with Gasteiger partial charge < -0.3 is 15.0 Å². The van der Waals surface area contributed by atoms with E-state index in [1.165, 1.54) is 24.3 Å². The van der Waals surface area contributed by atoms with Crippen LogP contribution in [0.5, 0.6) is 5.75 Å². The minimum absolute atomic E-state index is 0.159. The number of pyridine rings is 1. The maximum atomic E-state index is 12.7. The Morgan fingerprint density at radius 3 is 2.56 bits per heavy atom. The Balaban J connectivity index is 1.92. The Hall–Kier alpha value is -2.90. The number of aromatic nitrogens is 3. The number of nitrogens with one attached hydrogen (secondary N) is 1. The molecule has 1 aromatic carbocycles. The molecule has 138 valence electrons. The average Bonchev–Trinajstić information content (AvgIpc) is 2.67. The van der Waals surface area contributed by atoms with Crippen LogP contribution in [0.15, 0.2) is 47.5 Å². The molecule has 0 unspecified atom stereocenters. The Labute approximate surface area is 164 Å². The van der Waals surface area contributed by atoms with Crippen LogP contribution in [0.1, 0.15) is 16.1 Å². The lowest BCUT2D eigenvalue weighted by atomic mass is 10.2. The lowest BCUT2D eigenvalue weighted by Gasteiger charge is -2.18. The first-order valence-electron chi connectivity index (χ1n) is 7.80. The molecular weight excluding hydrogens is 391 g/mol. The van der Waals surface area contributed by atoms with Gasteiger partial charge in [-0.2, -0.15) is 0 Å². The van der Waals surface area contributed by atoms with Gasteiger partial charge in [-0.15, -0.1) is 0 Å². The third-order valence-corrected chi connectivity index (χ3v) is 4.54. The summed E-state index contributed by atoms with van der Waals surface area (Å²) in [5, 5.41) is 10.8. The Kier molecular flexibility index (Phi) is 5.43. The lowest BCUT2D eigenvalue weighted by Crippen LogP contribution is -2.29. The van der Waals surface area contributed by atoms with E-state index in [1.807, 2.05) is 0 Å². The minimum atomic E-state index is -0.803. The number of H-pyrrole nitrogens is 1. The summed E-state index contributed by atoms with van der Waals surface area (Å²) in [5.74, 6) is -1.19. The Bertz CT molecular complexity index is 1050. The highest BCUT2D eigenvalue weighted by molar-refractivity contribution is 6.42. The highest BCUT2D eigenvalue weighted by Gasteiger charge is 2.22. The predicted octanol–water partition coefficient (Wildman–Crippen LogP) is 3.12. The van der Waals surface area contributed by atoms with Crippen LogP contribution in [0.3, 0.4) is 0 Å². The standard InChI is InChI=1S/C18H14Cl2N4O3/c1-24(9-10-2-3-12(19)13(20)8-10)18(27)14-15(25)17(26)23-16(22-14)11-4-6-21-7-5-11/h2-8,25H,9H2,1H3,(H,22,23,26). The quantitative estimate of drug-likeness (QED) is 0.695. The number of nitrogens with zero attached hydrogens (tertiary/aromatic N) is 3. The highest BCUT2D eigenvalue weighted by Crippen LogP contribution is 2.24. The topological polar surface area (TPSA) is 99.2 Å². The smallest absolute Gasteiger partial charge is 0.294 e. The third kappa shape index (κ3) is 4.10. The third-order valence-electron chi connectivity index (χ3n) is 3.80. The van der Waals surface area contributed by atoms with Crippen molar-refractivity contribution in [2.24, 2.45) is 0 Å². The molecule has 27 heavy (non-hydrogen) atoms. The molecule has 2 N–H and O–H groups in total. The van der Waals surface area contributed by atoms with Gasteiger partial charge in [0.15, 0.2) is 5.69 Å². The normalized spacial score (nSPS) is 10.6. The first kappa shape index (κ1) is 18.9. The molecule has 9 heteroatoms. The van der Waals surface area contributed by atoms with E-state index in [2.05, 4.69) is 15.0 Å². The molecule has 7 nitrogen and oxygen atoms in total. The zero-order chi connectivity index (χ0) is 19.6. The zero-order valence-corrected chi connectivity index (χ0v) is 15.6. The largest absolute Gasteiger partial charge is 0.501 e. The average molecular weight is 405 g/mol. The number of aromatic amines is 1. The molecule has 3 rings (SSSR count). The van der Waals surface area contributed by atoms with Gasteiger partial charge in [0, 0.05) is 31.5 Å². The van der Waals surface area contributed by atoms with Crippen molar-refractivity contribution in [1.82, 2.24) is 19.9 Å². The molecule has 0 saturated carbocycles. The second kappa shape index (κ2) is 7.77. The second-order valence-corrected chi connectivity index (χ2v) is 6.57. The van der Waals surface area contributed by atoms with Crippen molar-refractivity contribution in [3.63, 3.8) is 0 Å². The summed E-state index contributed by atoms with van der Waals surface area (Å²) >= 11 is 11.9. The monoisotopic (exact) mass is 404 g/mol. The van der Waals surface area contributed by atoms with Gasteiger partial charge in [0.05, 0.1) is 10.0 Å². The first-order valence-corrected chi connectivity index (χ1v) is 8.55. The van der Waals surface area contributed by atoms with Gasteiger partial charge in [-0.3, -0.25) is 14.6 Å². The van der Waals surface area contributed by atoms with E-state index in [4.69, 9.17) is 23.2 Å². The number of rotatable bonds is 4. The van der Waals surface area contributed by atoms with Gasteiger partial charge >= 0.3 is 0 Å². The van der Waals surface area contributed by atoms with Crippen LogP contribution in [-0.2, 0) is 6.54 Å². The lowest BCUT2D eigenvalue weighted by molar-refractivity contribution is 0.0775. The van der Waals surface area contributed by atoms with Crippen molar-refractivity contribution in [1.29, 1.82) is 0 Å². The molecule has 1 amide bonds. The van der Waals surface area contributed by atoms with Gasteiger partial charge in [0.2, 0.25) is 5.75 Å². The van der Waals surface area contributed by atoms with E-state index in [9.17, 15) is 14.7 Å². The molecule has 0 bridgehead atoms. The Morgan fingerprint density at radius 1 is 1.19 bits per heavy atom. The summed E-state index contributed by atoms with van der Waals surface area (Å²) in [4.78, 5) is 36.6. The van der Waals surface area contributed by atoms with Crippen molar-refractivity contribution in [2.75, 3.05) is 7.05 Å². The van der Waals surface area contributed by atoms with E-state index in [-0.39, 0.29) is 18.1 Å². The molecule has 0 radical (unpaired) electrons. The summed E-state index contributed by atoms with van der Waals surface area (Å²) in [5.41, 5.74) is 0.151. The molecule has 0 saturated heterocycles. The van der Waals surface area contributed by atoms with E-state index in [0.717, 1.165) is 5.56 Å². The number of hydrogen-bond donors (Lipinski definition) is 2. The Morgan fingerprint density at radius 2 is 1.89 bits per heavy atom. The molecule has 2 heterocycles. The first-order chi connectivity index (χ1) is 12.9. The van der Waals surface area contributed by atoms with Crippen LogP contribution in [0, 0.1) is 0 Å². The van der Waals surface area contributed by atoms with E-state index in [0.29, 0.717) is 15.6 Å². The van der Waals surface area contributed by atoms with Crippen LogP contribution in [0.2, 0.25) is 10.0 Å². The fourth-order valence-electron chi connectivity index (χ4n) is 2.43. The van der Waals surface area contributed by atoms with Crippen LogP contribution >= 0.6 is 23.2 Å². The number of halogens is 2. The maximum absolute atomic E-state index is 12.7. The van der Waals surface area contributed by atoms with Gasteiger partial charge in [0.25, 0.3) is 11.5 Å². The summed E-state index contributed by atoms with van der Waals surface area (Å²) in [7, 11) is 1.53. The van der Waals surface area contributed by atoms with Crippen molar-refractivity contribution in [2.45, 2.75) is 6.54 Å². The van der Waals surface area contributed by atoms with E-state index >= 15 is 0 Å². The van der Waals surface area contributed by atoms with Crippen molar-refractivity contribution in [3.8, 4) is 17.1 Å². The number of amides is 1. The zero-order valence-electron chi connectivity index (χ0n) is 14.1. The van der Waals surface area contributed by atoms with E-state index in [1.54, 1.807) is 30.3 Å². The molecule has 0 fully saturated rings. The molecule has 3 aromatic rings. The predicted molar refractivity (Wildman–Crippen MR) is 102 cm³/mol. The van der Waals surface area contributed by atoms with Crippen molar-refractivity contribution < 1.29 is 9.90 Å². The van der Waals surface area contributed by atoms with Gasteiger partial charge in [0.1, 0.15) is 5.82 Å². The van der Waals surface area contributed by atoms with Gasteiger partial charge in [-0.05, 0) is 29.8 Å². The summed E-state index contributed by atoms with van der Waals surface area (Å²) in [6.45, 7) is 0.189.